The lowest BCUT2D eigenvalue weighted by Crippen LogP contribution is -2.12. The molecule has 0 atom stereocenters. The van der Waals surface area contributed by atoms with E-state index in [1.54, 1.807) is 0 Å². The van der Waals surface area contributed by atoms with Crippen LogP contribution in [-0.2, 0) is 0 Å². The third kappa shape index (κ3) is 1.79. The van der Waals surface area contributed by atoms with Crippen LogP contribution in [0.5, 0.6) is 0 Å². The minimum Gasteiger partial charge on any atom is -0.327 e. The molecule has 0 unspecified atom stereocenters. The van der Waals surface area contributed by atoms with Crippen LogP contribution in [0.1, 0.15) is 38.1 Å². The largest absolute Gasteiger partial charge is 0.327 e. The van der Waals surface area contributed by atoms with Gasteiger partial charge < -0.3 is 4.57 Å². The van der Waals surface area contributed by atoms with E-state index in [-0.39, 0.29) is 4.74 Å². The molecule has 2 aromatic heterocycles. The van der Waals surface area contributed by atoms with Crippen LogP contribution in [0.3, 0.4) is 0 Å². The van der Waals surface area contributed by atoms with Gasteiger partial charge in [-0.2, -0.15) is 0 Å². The molecule has 1 aromatic carbocycles. The fourth-order valence-corrected chi connectivity index (χ4v) is 4.18. The van der Waals surface area contributed by atoms with Gasteiger partial charge >= 0.3 is 0 Å². The predicted molar refractivity (Wildman–Crippen MR) is 83.5 cm³/mol. The first-order valence-electron chi connectivity index (χ1n) is 7.23. The summed E-state index contributed by atoms with van der Waals surface area (Å²) in [6.07, 6.45) is 8.17. The Morgan fingerprint density at radius 2 is 1.95 bits per heavy atom. The summed E-state index contributed by atoms with van der Waals surface area (Å²) in [6, 6.07) is 8.67. The average Bonchev–Trinajstić information content (AvgIpc) is 2.94. The maximum atomic E-state index is 12.2. The second kappa shape index (κ2) is 4.70. The summed E-state index contributed by atoms with van der Waals surface area (Å²) >= 11 is 1.30. The van der Waals surface area contributed by atoms with Crippen molar-refractivity contribution in [2.24, 2.45) is 0 Å². The molecule has 0 N–H and O–H groups in total. The topological polar surface area (TPSA) is 34.9 Å². The number of aromatic nitrogens is 2. The van der Waals surface area contributed by atoms with Crippen molar-refractivity contribution in [1.29, 1.82) is 0 Å². The number of rotatable bonds is 1. The second-order valence-electron chi connectivity index (χ2n) is 5.53. The summed E-state index contributed by atoms with van der Waals surface area (Å²) < 4.78 is 3.39. The van der Waals surface area contributed by atoms with Gasteiger partial charge in [0.1, 0.15) is 5.52 Å². The molecule has 0 bridgehead atoms. The van der Waals surface area contributed by atoms with E-state index in [0.717, 1.165) is 15.6 Å². The second-order valence-corrected chi connectivity index (χ2v) is 6.54. The predicted octanol–water partition coefficient (Wildman–Crippen LogP) is 4.12. The van der Waals surface area contributed by atoms with Crippen LogP contribution in [-0.4, -0.2) is 9.55 Å². The molecule has 0 amide bonds. The fourth-order valence-electron chi connectivity index (χ4n) is 3.31. The summed E-state index contributed by atoms with van der Waals surface area (Å²) in [4.78, 5) is 16.6. The molecule has 1 aliphatic rings. The molecule has 3 nitrogen and oxygen atoms in total. The molecule has 2 heterocycles. The Labute approximate surface area is 120 Å². The molecule has 4 heteroatoms. The van der Waals surface area contributed by atoms with Gasteiger partial charge in [0, 0.05) is 16.1 Å². The first-order valence-corrected chi connectivity index (χ1v) is 8.04. The Hall–Kier alpha value is -1.68. The third-order valence-electron chi connectivity index (χ3n) is 4.30. The zero-order valence-corrected chi connectivity index (χ0v) is 12.0. The molecular weight excluding hydrogens is 268 g/mol. The van der Waals surface area contributed by atoms with Gasteiger partial charge in [-0.1, -0.05) is 48.8 Å². The minimum absolute atomic E-state index is 0.0771. The van der Waals surface area contributed by atoms with Crippen molar-refractivity contribution in [2.45, 2.75) is 38.1 Å². The highest BCUT2D eigenvalue weighted by atomic mass is 32.1. The van der Waals surface area contributed by atoms with Gasteiger partial charge in [-0.15, -0.1) is 0 Å². The lowest BCUT2D eigenvalue weighted by Gasteiger charge is -2.23. The van der Waals surface area contributed by atoms with Crippen molar-refractivity contribution in [3.8, 4) is 0 Å². The maximum absolute atomic E-state index is 12.2. The average molecular weight is 284 g/mol. The van der Waals surface area contributed by atoms with Crippen molar-refractivity contribution in [3.05, 3.63) is 40.1 Å². The lowest BCUT2D eigenvalue weighted by atomic mass is 9.95. The van der Waals surface area contributed by atoms with E-state index < -0.39 is 0 Å². The first kappa shape index (κ1) is 12.1. The van der Waals surface area contributed by atoms with E-state index in [4.69, 9.17) is 0 Å². The fraction of sp³-hybridized carbons (Fsp3) is 0.375. The highest BCUT2D eigenvalue weighted by Gasteiger charge is 2.19. The maximum Gasteiger partial charge on any atom is 0.260 e. The Morgan fingerprint density at radius 3 is 2.80 bits per heavy atom. The van der Waals surface area contributed by atoms with Crippen molar-refractivity contribution >= 4 is 32.5 Å². The summed E-state index contributed by atoms with van der Waals surface area (Å²) in [7, 11) is 0. The Kier molecular flexibility index (Phi) is 2.84. The zero-order valence-electron chi connectivity index (χ0n) is 11.2. The Bertz CT molecular complexity index is 827. The van der Waals surface area contributed by atoms with E-state index in [0.29, 0.717) is 11.6 Å². The molecule has 1 fully saturated rings. The monoisotopic (exact) mass is 284 g/mol. The molecule has 20 heavy (non-hydrogen) atoms. The first-order chi connectivity index (χ1) is 9.84. The van der Waals surface area contributed by atoms with Crippen LogP contribution in [0.25, 0.3) is 21.1 Å². The van der Waals surface area contributed by atoms with E-state index in [9.17, 15) is 4.79 Å². The van der Waals surface area contributed by atoms with Crippen LogP contribution >= 0.6 is 11.3 Å². The smallest absolute Gasteiger partial charge is 0.260 e. The quantitative estimate of drug-likeness (QED) is 0.674. The number of nitrogens with zero attached hydrogens (tertiary/aromatic N) is 2. The van der Waals surface area contributed by atoms with Crippen molar-refractivity contribution in [3.63, 3.8) is 0 Å². The summed E-state index contributed by atoms with van der Waals surface area (Å²) in [6.45, 7) is 0. The van der Waals surface area contributed by atoms with Crippen molar-refractivity contribution in [1.82, 2.24) is 9.55 Å². The molecule has 1 saturated carbocycles. The lowest BCUT2D eigenvalue weighted by molar-refractivity contribution is 0.360. The van der Waals surface area contributed by atoms with Gasteiger partial charge in [-0.3, -0.25) is 4.79 Å². The van der Waals surface area contributed by atoms with Crippen LogP contribution in [0.2, 0.25) is 0 Å². The summed E-state index contributed by atoms with van der Waals surface area (Å²) in [5.74, 6) is 0. The normalized spacial score (nSPS) is 17.0. The van der Waals surface area contributed by atoms with E-state index in [1.807, 2.05) is 24.5 Å². The third-order valence-corrected chi connectivity index (χ3v) is 5.25. The summed E-state index contributed by atoms with van der Waals surface area (Å²) in [5, 5.41) is 1.16. The van der Waals surface area contributed by atoms with Crippen LogP contribution in [0.15, 0.2) is 35.4 Å². The molecule has 102 valence electrons. The SMILES string of the molecule is O=c1sc2ccccc2c2c1ncn2C1CCCCC1. The zero-order chi connectivity index (χ0) is 13.5. The molecule has 4 rings (SSSR count). The van der Waals surface area contributed by atoms with Gasteiger partial charge in [0.15, 0.2) is 0 Å². The van der Waals surface area contributed by atoms with E-state index >= 15 is 0 Å². The van der Waals surface area contributed by atoms with Crippen LogP contribution in [0, 0.1) is 0 Å². The molecule has 0 saturated heterocycles. The Balaban J connectivity index is 2.04. The van der Waals surface area contributed by atoms with Crippen LogP contribution in [0.4, 0.5) is 0 Å². The number of fused-ring (bicyclic) bond motifs is 3. The van der Waals surface area contributed by atoms with Gasteiger partial charge in [-0.25, -0.2) is 4.98 Å². The summed E-state index contributed by atoms with van der Waals surface area (Å²) in [5.41, 5.74) is 1.68. The number of benzene rings is 1. The van der Waals surface area contributed by atoms with Gasteiger partial charge in [0.2, 0.25) is 0 Å². The van der Waals surface area contributed by atoms with Gasteiger partial charge in [-0.05, 0) is 18.9 Å². The number of hydrogen-bond donors (Lipinski definition) is 0. The van der Waals surface area contributed by atoms with E-state index in [1.165, 1.54) is 43.4 Å². The molecular formula is C16H16N2OS. The number of hydrogen-bond acceptors (Lipinski definition) is 3. The van der Waals surface area contributed by atoms with E-state index in [2.05, 4.69) is 15.6 Å². The van der Waals surface area contributed by atoms with Crippen molar-refractivity contribution < 1.29 is 0 Å². The molecule has 1 aliphatic carbocycles. The minimum atomic E-state index is 0.0771. The Morgan fingerprint density at radius 1 is 1.15 bits per heavy atom. The highest BCUT2D eigenvalue weighted by molar-refractivity contribution is 7.16. The van der Waals surface area contributed by atoms with Gasteiger partial charge in [0.25, 0.3) is 4.74 Å². The standard InChI is InChI=1S/C16H16N2OS/c19-16-14-15(12-8-4-5-9-13(12)20-16)18(10-17-14)11-6-2-1-3-7-11/h4-5,8-11H,1-3,6-7H2. The van der Waals surface area contributed by atoms with Crippen molar-refractivity contribution in [2.75, 3.05) is 0 Å². The molecule has 3 aromatic rings. The highest BCUT2D eigenvalue weighted by Crippen LogP contribution is 2.33. The molecule has 0 radical (unpaired) electrons. The van der Waals surface area contributed by atoms with Crippen LogP contribution < -0.4 is 4.74 Å². The number of imidazole rings is 1. The molecule has 0 aliphatic heterocycles. The van der Waals surface area contributed by atoms with Gasteiger partial charge in [0.05, 0.1) is 11.8 Å². The molecule has 0 spiro atoms.